The molecule has 0 fully saturated rings. The Hall–Kier alpha value is -1.00. The number of fused-ring (bicyclic) bond motifs is 1. The molecule has 1 aromatic heterocycles. The first-order valence-corrected chi connectivity index (χ1v) is 6.41. The predicted octanol–water partition coefficient (Wildman–Crippen LogP) is 4.02. The largest absolute Gasteiger partial charge is 0.315 e. The Morgan fingerprint density at radius 2 is 1.88 bits per heavy atom. The normalized spacial score (nSPS) is 11.6. The SMILES string of the molecule is CNCc1sc2c(F)ccc(F)c2c1C(C)C. The first-order chi connectivity index (χ1) is 8.06. The van der Waals surface area contributed by atoms with Crippen molar-refractivity contribution in [2.24, 2.45) is 0 Å². The first-order valence-electron chi connectivity index (χ1n) is 5.60. The van der Waals surface area contributed by atoms with Crippen molar-refractivity contribution in [2.75, 3.05) is 7.05 Å². The molecule has 0 unspecified atom stereocenters. The number of hydrogen-bond acceptors (Lipinski definition) is 2. The van der Waals surface area contributed by atoms with Gasteiger partial charge in [0.05, 0.1) is 4.70 Å². The second kappa shape index (κ2) is 4.70. The van der Waals surface area contributed by atoms with Gasteiger partial charge in [0.25, 0.3) is 0 Å². The van der Waals surface area contributed by atoms with Crippen LogP contribution in [-0.4, -0.2) is 7.05 Å². The van der Waals surface area contributed by atoms with Crippen LogP contribution in [0.4, 0.5) is 8.78 Å². The number of rotatable bonds is 3. The van der Waals surface area contributed by atoms with Crippen molar-refractivity contribution in [2.45, 2.75) is 26.3 Å². The van der Waals surface area contributed by atoms with E-state index in [1.165, 1.54) is 23.5 Å². The molecule has 17 heavy (non-hydrogen) atoms. The summed E-state index contributed by atoms with van der Waals surface area (Å²) in [5.41, 5.74) is 0.927. The summed E-state index contributed by atoms with van der Waals surface area (Å²) in [4.78, 5) is 1.02. The Morgan fingerprint density at radius 1 is 1.24 bits per heavy atom. The first kappa shape index (κ1) is 12.5. The Labute approximate surface area is 103 Å². The number of thiophene rings is 1. The highest BCUT2D eigenvalue weighted by Crippen LogP contribution is 2.38. The molecule has 0 aliphatic carbocycles. The molecule has 0 aliphatic rings. The number of halogens is 2. The minimum atomic E-state index is -0.337. The van der Waals surface area contributed by atoms with Crippen molar-refractivity contribution in [3.05, 3.63) is 34.2 Å². The Bertz CT molecular complexity index is 546. The molecule has 0 saturated heterocycles. The van der Waals surface area contributed by atoms with Crippen LogP contribution in [0.25, 0.3) is 10.1 Å². The summed E-state index contributed by atoms with van der Waals surface area (Å²) in [6, 6.07) is 2.40. The lowest BCUT2D eigenvalue weighted by Crippen LogP contribution is -2.06. The number of benzene rings is 1. The minimum absolute atomic E-state index is 0.184. The summed E-state index contributed by atoms with van der Waals surface area (Å²) in [7, 11) is 1.83. The fraction of sp³-hybridized carbons (Fsp3) is 0.385. The van der Waals surface area contributed by atoms with Gasteiger partial charge in [-0.15, -0.1) is 11.3 Å². The van der Waals surface area contributed by atoms with Crippen LogP contribution in [0.15, 0.2) is 12.1 Å². The summed E-state index contributed by atoms with van der Waals surface area (Å²) in [6.45, 7) is 4.65. The van der Waals surface area contributed by atoms with Gasteiger partial charge in [0, 0.05) is 16.8 Å². The maximum atomic E-state index is 13.9. The van der Waals surface area contributed by atoms with Crippen molar-refractivity contribution < 1.29 is 8.78 Å². The van der Waals surface area contributed by atoms with E-state index in [0.717, 1.165) is 10.4 Å². The standard InChI is InChI=1S/C13H15F2NS/c1-7(2)11-10(6-16-3)17-13-9(15)5-4-8(14)12(11)13/h4-5,7,16H,6H2,1-3H3. The molecule has 1 N–H and O–H groups in total. The van der Waals surface area contributed by atoms with E-state index in [2.05, 4.69) is 5.32 Å². The molecule has 0 saturated carbocycles. The van der Waals surface area contributed by atoms with Gasteiger partial charge in [-0.25, -0.2) is 8.78 Å². The van der Waals surface area contributed by atoms with Crippen molar-refractivity contribution in [3.63, 3.8) is 0 Å². The highest BCUT2D eigenvalue weighted by Gasteiger charge is 2.19. The van der Waals surface area contributed by atoms with E-state index in [1.807, 2.05) is 20.9 Å². The lowest BCUT2D eigenvalue weighted by Gasteiger charge is -2.08. The molecule has 0 radical (unpaired) electrons. The Morgan fingerprint density at radius 3 is 2.47 bits per heavy atom. The third kappa shape index (κ3) is 2.07. The van der Waals surface area contributed by atoms with Gasteiger partial charge in [-0.2, -0.15) is 0 Å². The topological polar surface area (TPSA) is 12.0 Å². The van der Waals surface area contributed by atoms with Crippen LogP contribution in [0.1, 0.15) is 30.2 Å². The minimum Gasteiger partial charge on any atom is -0.315 e. The van der Waals surface area contributed by atoms with E-state index < -0.39 is 0 Å². The molecular weight excluding hydrogens is 240 g/mol. The lowest BCUT2D eigenvalue weighted by molar-refractivity contribution is 0.618. The maximum absolute atomic E-state index is 13.9. The average Bonchev–Trinajstić information content (AvgIpc) is 2.64. The molecule has 2 rings (SSSR count). The molecule has 1 nitrogen and oxygen atoms in total. The maximum Gasteiger partial charge on any atom is 0.141 e. The molecule has 4 heteroatoms. The summed E-state index contributed by atoms with van der Waals surface area (Å²) in [5, 5.41) is 3.50. The van der Waals surface area contributed by atoms with E-state index in [0.29, 0.717) is 16.6 Å². The van der Waals surface area contributed by atoms with Gasteiger partial charge in [-0.1, -0.05) is 13.8 Å². The van der Waals surface area contributed by atoms with Gasteiger partial charge in [0.2, 0.25) is 0 Å². The Balaban J connectivity index is 2.80. The van der Waals surface area contributed by atoms with Crippen molar-refractivity contribution in [1.29, 1.82) is 0 Å². The molecule has 0 bridgehead atoms. The summed E-state index contributed by atoms with van der Waals surface area (Å²) >= 11 is 1.34. The van der Waals surface area contributed by atoms with Gasteiger partial charge in [-0.05, 0) is 30.7 Å². The highest BCUT2D eigenvalue weighted by atomic mass is 32.1. The fourth-order valence-electron chi connectivity index (χ4n) is 2.10. The molecular formula is C13H15F2NS. The van der Waals surface area contributed by atoms with Crippen LogP contribution < -0.4 is 5.32 Å². The molecule has 1 aromatic carbocycles. The second-order valence-electron chi connectivity index (χ2n) is 4.36. The van der Waals surface area contributed by atoms with Gasteiger partial charge in [0.1, 0.15) is 11.6 Å². The van der Waals surface area contributed by atoms with Gasteiger partial charge < -0.3 is 5.32 Å². The molecule has 2 aromatic rings. The predicted molar refractivity (Wildman–Crippen MR) is 68.6 cm³/mol. The van der Waals surface area contributed by atoms with Crippen LogP contribution >= 0.6 is 11.3 Å². The van der Waals surface area contributed by atoms with Crippen LogP contribution in [-0.2, 0) is 6.54 Å². The van der Waals surface area contributed by atoms with E-state index in [-0.39, 0.29) is 17.6 Å². The van der Waals surface area contributed by atoms with Crippen molar-refractivity contribution in [3.8, 4) is 0 Å². The van der Waals surface area contributed by atoms with Gasteiger partial charge in [-0.3, -0.25) is 0 Å². The molecule has 92 valence electrons. The van der Waals surface area contributed by atoms with Crippen LogP contribution in [0.5, 0.6) is 0 Å². The summed E-state index contributed by atoms with van der Waals surface area (Å²) < 4.78 is 28.0. The molecule has 0 spiro atoms. The van der Waals surface area contributed by atoms with Crippen LogP contribution in [0.3, 0.4) is 0 Å². The quantitative estimate of drug-likeness (QED) is 0.873. The lowest BCUT2D eigenvalue weighted by atomic mass is 9.99. The zero-order valence-electron chi connectivity index (χ0n) is 10.1. The third-order valence-corrected chi connectivity index (χ3v) is 3.98. The third-order valence-electron chi connectivity index (χ3n) is 2.77. The molecule has 1 heterocycles. The zero-order valence-corrected chi connectivity index (χ0v) is 10.9. The monoisotopic (exact) mass is 255 g/mol. The molecule has 0 amide bonds. The summed E-state index contributed by atoms with van der Waals surface area (Å²) in [5.74, 6) is -0.484. The molecule has 0 aliphatic heterocycles. The van der Waals surface area contributed by atoms with Crippen molar-refractivity contribution >= 4 is 21.4 Å². The van der Waals surface area contributed by atoms with E-state index in [1.54, 1.807) is 0 Å². The zero-order chi connectivity index (χ0) is 12.6. The molecule has 0 atom stereocenters. The van der Waals surface area contributed by atoms with Gasteiger partial charge in [0.15, 0.2) is 0 Å². The van der Waals surface area contributed by atoms with E-state index >= 15 is 0 Å². The number of nitrogens with one attached hydrogen (secondary N) is 1. The smallest absolute Gasteiger partial charge is 0.141 e. The average molecular weight is 255 g/mol. The van der Waals surface area contributed by atoms with Crippen molar-refractivity contribution in [1.82, 2.24) is 5.32 Å². The van der Waals surface area contributed by atoms with Gasteiger partial charge >= 0.3 is 0 Å². The van der Waals surface area contributed by atoms with Crippen LogP contribution in [0.2, 0.25) is 0 Å². The highest BCUT2D eigenvalue weighted by molar-refractivity contribution is 7.19. The Kier molecular flexibility index (Phi) is 3.45. The van der Waals surface area contributed by atoms with E-state index in [4.69, 9.17) is 0 Å². The summed E-state index contributed by atoms with van der Waals surface area (Å²) in [6.07, 6.45) is 0. The second-order valence-corrected chi connectivity index (χ2v) is 5.46. The van der Waals surface area contributed by atoms with E-state index in [9.17, 15) is 8.78 Å². The number of hydrogen-bond donors (Lipinski definition) is 1. The van der Waals surface area contributed by atoms with Crippen LogP contribution in [0, 0.1) is 11.6 Å². The fourth-order valence-corrected chi connectivity index (χ4v) is 3.49.